The lowest BCUT2D eigenvalue weighted by atomic mass is 10.00. The molecule has 0 radical (unpaired) electrons. The summed E-state index contributed by atoms with van der Waals surface area (Å²) in [7, 11) is -2.90. The van der Waals surface area contributed by atoms with Crippen molar-refractivity contribution < 1.29 is 0 Å². The Morgan fingerprint density at radius 3 is 1.03 bits per heavy atom. The summed E-state index contributed by atoms with van der Waals surface area (Å²) in [6.07, 6.45) is 0. The summed E-state index contributed by atoms with van der Waals surface area (Å²) in [5, 5.41) is 7.62. The van der Waals surface area contributed by atoms with Crippen molar-refractivity contribution in [1.82, 2.24) is 19.5 Å². The van der Waals surface area contributed by atoms with Crippen LogP contribution in [0.25, 0.3) is 95.0 Å². The van der Waals surface area contributed by atoms with Gasteiger partial charge in [-0.15, -0.1) is 0 Å². The van der Waals surface area contributed by atoms with Gasteiger partial charge >= 0.3 is 0 Å². The summed E-state index contributed by atoms with van der Waals surface area (Å²) < 4.78 is 2.49. The SMILES string of the molecule is c1ccc(-c2ccc3c4ccc(-c5ccccc5)cc4n(-c4cc(-c5nc(-c6ccccc6)nc(-c6ccccc6)n5)ccc4-c4cccc([Si](c5ccccc5)(c5ccccc5)c5ccccc5)c4)c3c2)cc1. The number of rotatable bonds is 11. The summed E-state index contributed by atoms with van der Waals surface area (Å²) in [4.78, 5) is 15.6. The maximum absolute atomic E-state index is 5.28. The zero-order valence-electron chi connectivity index (χ0n) is 40.5. The molecule has 0 saturated heterocycles. The Bertz CT molecular complexity index is 3840. The van der Waals surface area contributed by atoms with Crippen LogP contribution >= 0.6 is 0 Å². The Morgan fingerprint density at radius 1 is 0.243 bits per heavy atom. The van der Waals surface area contributed by atoms with Crippen LogP contribution in [0.15, 0.2) is 291 Å². The topological polar surface area (TPSA) is 43.6 Å². The minimum Gasteiger partial charge on any atom is -0.309 e. The van der Waals surface area contributed by atoms with E-state index in [1.165, 1.54) is 31.5 Å². The molecule has 0 unspecified atom stereocenters. The third-order valence-electron chi connectivity index (χ3n) is 14.4. The number of hydrogen-bond donors (Lipinski definition) is 0. The van der Waals surface area contributed by atoms with Gasteiger partial charge in [0.05, 0.1) is 16.7 Å². The molecular formula is C69H48N4Si. The van der Waals surface area contributed by atoms with E-state index in [4.69, 9.17) is 15.0 Å². The van der Waals surface area contributed by atoms with Crippen LogP contribution in [0.2, 0.25) is 0 Å². The first-order valence-corrected chi connectivity index (χ1v) is 27.2. The van der Waals surface area contributed by atoms with Crippen LogP contribution in [-0.2, 0) is 0 Å². The lowest BCUT2D eigenvalue weighted by molar-refractivity contribution is 1.07. The molecule has 0 saturated carbocycles. The fourth-order valence-electron chi connectivity index (χ4n) is 10.9. The molecule has 74 heavy (non-hydrogen) atoms. The van der Waals surface area contributed by atoms with Crippen LogP contribution in [0.1, 0.15) is 0 Å². The van der Waals surface area contributed by atoms with Gasteiger partial charge in [-0.1, -0.05) is 273 Å². The molecule has 5 heteroatoms. The van der Waals surface area contributed by atoms with Gasteiger partial charge < -0.3 is 4.57 Å². The Balaban J connectivity index is 1.12. The van der Waals surface area contributed by atoms with E-state index in [9.17, 15) is 0 Å². The van der Waals surface area contributed by atoms with E-state index in [-0.39, 0.29) is 0 Å². The predicted octanol–water partition coefficient (Wildman–Crippen LogP) is 14.3. The molecule has 0 atom stereocenters. The third-order valence-corrected chi connectivity index (χ3v) is 19.2. The maximum atomic E-state index is 5.28. The summed E-state index contributed by atoms with van der Waals surface area (Å²) in [6.45, 7) is 0. The van der Waals surface area contributed by atoms with Crippen LogP contribution in [0, 0.1) is 0 Å². The molecule has 0 bridgehead atoms. The molecule has 4 nitrogen and oxygen atoms in total. The van der Waals surface area contributed by atoms with Crippen molar-refractivity contribution in [3.8, 4) is 73.2 Å². The van der Waals surface area contributed by atoms with Crippen molar-refractivity contribution in [2.24, 2.45) is 0 Å². The van der Waals surface area contributed by atoms with Crippen LogP contribution in [-0.4, -0.2) is 27.6 Å². The molecule has 0 N–H and O–H groups in total. The van der Waals surface area contributed by atoms with Gasteiger partial charge in [0.25, 0.3) is 0 Å². The van der Waals surface area contributed by atoms with Gasteiger partial charge in [0.2, 0.25) is 0 Å². The van der Waals surface area contributed by atoms with Gasteiger partial charge in [0, 0.05) is 33.0 Å². The molecule has 2 heterocycles. The molecule has 13 rings (SSSR count). The normalized spacial score (nSPS) is 11.5. The molecule has 0 aliphatic carbocycles. The molecule has 0 aliphatic rings. The average molecular weight is 961 g/mol. The minimum atomic E-state index is -2.90. The van der Waals surface area contributed by atoms with Crippen molar-refractivity contribution in [3.05, 3.63) is 291 Å². The smallest absolute Gasteiger partial charge is 0.179 e. The lowest BCUT2D eigenvalue weighted by Gasteiger charge is -2.34. The van der Waals surface area contributed by atoms with Gasteiger partial charge in [0.1, 0.15) is 0 Å². The Morgan fingerprint density at radius 2 is 0.595 bits per heavy atom. The predicted molar refractivity (Wildman–Crippen MR) is 310 cm³/mol. The second kappa shape index (κ2) is 19.2. The van der Waals surface area contributed by atoms with E-state index in [0.717, 1.165) is 66.8 Å². The Labute approximate surface area is 432 Å². The first-order valence-electron chi connectivity index (χ1n) is 25.2. The van der Waals surface area contributed by atoms with Gasteiger partial charge in [0.15, 0.2) is 25.5 Å². The highest BCUT2D eigenvalue weighted by molar-refractivity contribution is 7.19. The Kier molecular flexibility index (Phi) is 11.5. The number of aromatic nitrogens is 4. The summed E-state index contributed by atoms with van der Waals surface area (Å²) in [5.74, 6) is 1.83. The first kappa shape index (κ1) is 44.4. The van der Waals surface area contributed by atoms with E-state index in [1.54, 1.807) is 0 Å². The molecule has 13 aromatic rings. The highest BCUT2D eigenvalue weighted by atomic mass is 28.3. The van der Waals surface area contributed by atoms with E-state index in [2.05, 4.69) is 259 Å². The molecular weight excluding hydrogens is 913 g/mol. The first-order chi connectivity index (χ1) is 36.7. The summed E-state index contributed by atoms with van der Waals surface area (Å²) in [5.41, 5.74) is 12.8. The summed E-state index contributed by atoms with van der Waals surface area (Å²) >= 11 is 0. The molecule has 0 fully saturated rings. The fourth-order valence-corrected chi connectivity index (χ4v) is 15.7. The maximum Gasteiger partial charge on any atom is 0.179 e. The van der Waals surface area contributed by atoms with Gasteiger partial charge in [-0.2, -0.15) is 0 Å². The van der Waals surface area contributed by atoms with Crippen LogP contribution in [0.3, 0.4) is 0 Å². The molecule has 11 aromatic carbocycles. The number of nitrogens with zero attached hydrogens (tertiary/aromatic N) is 4. The zero-order chi connectivity index (χ0) is 49.3. The zero-order valence-corrected chi connectivity index (χ0v) is 41.5. The fraction of sp³-hybridized carbons (Fsp3) is 0. The highest BCUT2D eigenvalue weighted by Crippen LogP contribution is 2.41. The standard InChI is InChI=1S/C69H48N4Si/c1-8-23-49(24-9-1)53-39-43-62-63-44-40-54(50-25-10-2-11-26-50)47-66(63)73(65(62)46-53)64-48-56(69-71-67(51-27-12-3-13-28-51)70-68(72-69)52-29-14-4-15-30-52)41-42-61(64)55-31-22-38-60(45-55)74(57-32-16-5-17-33-57,58-34-18-6-19-35-58)59-36-20-7-21-37-59/h1-48H. The molecule has 348 valence electrons. The third kappa shape index (κ3) is 8.02. The van der Waals surface area contributed by atoms with E-state index in [0.29, 0.717) is 17.5 Å². The lowest BCUT2D eigenvalue weighted by Crippen LogP contribution is -2.74. The molecule has 0 amide bonds. The van der Waals surface area contributed by atoms with Crippen molar-refractivity contribution in [3.63, 3.8) is 0 Å². The second-order valence-corrected chi connectivity index (χ2v) is 22.5. The van der Waals surface area contributed by atoms with Gasteiger partial charge in [-0.25, -0.2) is 15.0 Å². The number of fused-ring (bicyclic) bond motifs is 3. The van der Waals surface area contributed by atoms with Crippen LogP contribution in [0.4, 0.5) is 0 Å². The van der Waals surface area contributed by atoms with Crippen LogP contribution in [0.5, 0.6) is 0 Å². The Hall–Kier alpha value is -9.55. The molecule has 0 spiro atoms. The van der Waals surface area contributed by atoms with Crippen molar-refractivity contribution >= 4 is 50.6 Å². The minimum absolute atomic E-state index is 0.596. The summed E-state index contributed by atoms with van der Waals surface area (Å²) in [6, 6.07) is 105. The molecule has 0 aliphatic heterocycles. The van der Waals surface area contributed by atoms with E-state index < -0.39 is 8.07 Å². The van der Waals surface area contributed by atoms with Gasteiger partial charge in [-0.3, -0.25) is 0 Å². The number of benzene rings is 11. The monoisotopic (exact) mass is 960 g/mol. The highest BCUT2D eigenvalue weighted by Gasteiger charge is 2.41. The quantitative estimate of drug-likeness (QED) is 0.0958. The number of hydrogen-bond acceptors (Lipinski definition) is 3. The largest absolute Gasteiger partial charge is 0.309 e. The van der Waals surface area contributed by atoms with Crippen molar-refractivity contribution in [2.45, 2.75) is 0 Å². The van der Waals surface area contributed by atoms with Gasteiger partial charge in [-0.05, 0) is 66.8 Å². The second-order valence-electron chi connectivity index (χ2n) is 18.7. The van der Waals surface area contributed by atoms with E-state index in [1.807, 2.05) is 36.4 Å². The van der Waals surface area contributed by atoms with E-state index >= 15 is 0 Å². The molecule has 2 aromatic heterocycles. The van der Waals surface area contributed by atoms with Crippen LogP contribution < -0.4 is 20.7 Å². The van der Waals surface area contributed by atoms with Crippen molar-refractivity contribution in [1.29, 1.82) is 0 Å². The van der Waals surface area contributed by atoms with Crippen molar-refractivity contribution in [2.75, 3.05) is 0 Å². The average Bonchev–Trinajstić information content (AvgIpc) is 3.82.